The van der Waals surface area contributed by atoms with E-state index in [4.69, 9.17) is 58.5 Å². The maximum Gasteiger partial charge on any atom is 0.407 e. The Morgan fingerprint density at radius 1 is 1.22 bits per heavy atom. The summed E-state index contributed by atoms with van der Waals surface area (Å²) in [5.41, 5.74) is 4.95. The number of alkyl carbamates (subject to hydrolysis) is 1. The third kappa shape index (κ3) is 5.34. The molecule has 0 aliphatic carbocycles. The Balaban J connectivity index is 1.54. The number of phenols is 1. The summed E-state index contributed by atoms with van der Waals surface area (Å²) in [5.74, 6) is 2.22. The maximum atomic E-state index is 12.9. The number of likely N-dealkylation sites (N-methyl/N-ethyl adjacent to an activating group) is 1. The number of hydrogen-bond donors (Lipinski definition) is 2. The van der Waals surface area contributed by atoms with E-state index in [-0.39, 0.29) is 43.8 Å². The Bertz CT molecular complexity index is 1620. The number of methoxy groups -OCH3 is 1. The molecule has 0 saturated carbocycles. The number of nitrogens with one attached hydrogen (secondary N) is 1. The van der Waals surface area contributed by atoms with Crippen LogP contribution in [0, 0.1) is 25.2 Å². The molecule has 2 aromatic rings. The first-order chi connectivity index (χ1) is 21.9. The second-order valence-corrected chi connectivity index (χ2v) is 14.4. The predicted octanol–water partition coefficient (Wildman–Crippen LogP) is 5.18. The lowest BCUT2D eigenvalue weighted by Crippen LogP contribution is -2.68. The van der Waals surface area contributed by atoms with Crippen LogP contribution >= 0.6 is 34.8 Å². The molecule has 2 N–H and O–H groups in total. The van der Waals surface area contributed by atoms with Crippen LogP contribution in [0.2, 0.25) is 0 Å². The summed E-state index contributed by atoms with van der Waals surface area (Å²) < 4.78 is 27.3. The SMILES string of the molecule is C=CCOc1c(C)c2c(c3c1CC1C4c5c(cc(C)c(OC)c5O)C[C@@H]([C@H](C#N)N1[C@H]3CNC(=O)OCC(Cl)(Cl)Cl)N4C)OCO2. The number of fused-ring (bicyclic) bond motifs is 9. The lowest BCUT2D eigenvalue weighted by Gasteiger charge is -2.60. The molecule has 0 radical (unpaired) electrons. The van der Waals surface area contributed by atoms with Crippen molar-refractivity contribution in [3.63, 3.8) is 0 Å². The third-order valence-corrected chi connectivity index (χ3v) is 9.74. The number of amides is 1. The Morgan fingerprint density at radius 3 is 2.63 bits per heavy atom. The number of carbonyl (C=O) groups is 1. The zero-order chi connectivity index (χ0) is 33.1. The monoisotopic (exact) mass is 692 g/mol. The standard InChI is InChI=1S/C32H35Cl3N4O7/c1-6-7-43-28-16(3)29-30(46-14-45-29)24-18(28)10-20-25-23-17(8-15(2)27(42-5)26(23)40)9-19(38(25)4)21(11-36)39(20)22(24)12-37-31(41)44-13-32(33,34)35/h6,8,19-22,25,40H,1,7,9-10,12-14H2,2-5H3,(H,37,41)/t19-,20?,21-,22-,25?/m0/s1. The normalized spacial score (nSPS) is 24.6. The molecule has 11 nitrogen and oxygen atoms in total. The van der Waals surface area contributed by atoms with Crippen LogP contribution in [0.3, 0.4) is 0 Å². The number of carbonyl (C=O) groups excluding carboxylic acids is 1. The highest BCUT2D eigenvalue weighted by molar-refractivity contribution is 6.67. The van der Waals surface area contributed by atoms with E-state index < -0.39 is 28.6 Å². The summed E-state index contributed by atoms with van der Waals surface area (Å²) in [5, 5.41) is 25.3. The largest absolute Gasteiger partial charge is 0.504 e. The van der Waals surface area contributed by atoms with Gasteiger partial charge in [0, 0.05) is 40.9 Å². The van der Waals surface area contributed by atoms with Crippen molar-refractivity contribution in [2.75, 3.05) is 40.7 Å². The molecule has 14 heteroatoms. The number of aryl methyl sites for hydroxylation is 1. The van der Waals surface area contributed by atoms with E-state index in [1.54, 1.807) is 6.08 Å². The van der Waals surface area contributed by atoms with Gasteiger partial charge in [0.25, 0.3) is 0 Å². The maximum absolute atomic E-state index is 12.9. The van der Waals surface area contributed by atoms with Crippen LogP contribution in [0.5, 0.6) is 28.7 Å². The number of hydrogen-bond acceptors (Lipinski definition) is 10. The van der Waals surface area contributed by atoms with Crippen LogP contribution in [-0.4, -0.2) is 83.6 Å². The van der Waals surface area contributed by atoms with E-state index in [1.165, 1.54) is 7.11 Å². The number of nitrogens with zero attached hydrogens (tertiary/aromatic N) is 3. The van der Waals surface area contributed by atoms with Crippen molar-refractivity contribution in [3.05, 3.63) is 52.1 Å². The van der Waals surface area contributed by atoms with Crippen molar-refractivity contribution in [3.8, 4) is 34.8 Å². The van der Waals surface area contributed by atoms with Crippen LogP contribution in [0.4, 0.5) is 4.79 Å². The molecule has 5 atom stereocenters. The second kappa shape index (κ2) is 12.4. The minimum absolute atomic E-state index is 0.0124. The van der Waals surface area contributed by atoms with E-state index in [2.05, 4.69) is 27.8 Å². The molecule has 1 amide bonds. The average Bonchev–Trinajstić information content (AvgIpc) is 3.49. The van der Waals surface area contributed by atoms with Crippen molar-refractivity contribution >= 4 is 40.9 Å². The average molecular weight is 694 g/mol. The summed E-state index contributed by atoms with van der Waals surface area (Å²) >= 11 is 17.4. The summed E-state index contributed by atoms with van der Waals surface area (Å²) in [4.78, 5) is 17.2. The molecule has 2 unspecified atom stereocenters. The first-order valence-corrected chi connectivity index (χ1v) is 16.0. The number of rotatable bonds is 7. The van der Waals surface area contributed by atoms with Crippen LogP contribution in [0.25, 0.3) is 0 Å². The van der Waals surface area contributed by atoms with Gasteiger partial charge in [-0.05, 0) is 44.9 Å². The summed E-state index contributed by atoms with van der Waals surface area (Å²) in [6, 6.07) is 2.53. The molecular weight excluding hydrogens is 659 g/mol. The van der Waals surface area contributed by atoms with Gasteiger partial charge in [-0.1, -0.05) is 53.5 Å². The highest BCUT2D eigenvalue weighted by Crippen LogP contribution is 2.58. The number of alkyl halides is 3. The van der Waals surface area contributed by atoms with Crippen LogP contribution in [-0.2, 0) is 17.6 Å². The van der Waals surface area contributed by atoms with Gasteiger partial charge in [-0.2, -0.15) is 5.26 Å². The van der Waals surface area contributed by atoms with Crippen molar-refractivity contribution in [1.82, 2.24) is 15.1 Å². The second-order valence-electron chi connectivity index (χ2n) is 11.9. The van der Waals surface area contributed by atoms with Crippen molar-refractivity contribution in [2.45, 2.75) is 60.7 Å². The Kier molecular flexibility index (Phi) is 8.80. The van der Waals surface area contributed by atoms with Gasteiger partial charge in [0.2, 0.25) is 10.6 Å². The summed E-state index contributed by atoms with van der Waals surface area (Å²) in [6.45, 7) is 7.48. The van der Waals surface area contributed by atoms with Gasteiger partial charge >= 0.3 is 6.09 Å². The highest BCUT2D eigenvalue weighted by atomic mass is 35.6. The lowest BCUT2D eigenvalue weighted by atomic mass is 9.71. The Morgan fingerprint density at radius 2 is 1.96 bits per heavy atom. The molecule has 6 rings (SSSR count). The van der Waals surface area contributed by atoms with E-state index >= 15 is 0 Å². The molecule has 4 heterocycles. The number of aromatic hydroxyl groups is 1. The number of ether oxygens (including phenoxy) is 5. The molecule has 0 aromatic heterocycles. The van der Waals surface area contributed by atoms with Gasteiger partial charge < -0.3 is 34.1 Å². The van der Waals surface area contributed by atoms with Gasteiger partial charge in [-0.3, -0.25) is 9.80 Å². The van der Waals surface area contributed by atoms with Gasteiger partial charge in [-0.15, -0.1) is 0 Å². The molecule has 4 aliphatic heterocycles. The van der Waals surface area contributed by atoms with Crippen LogP contribution in [0.15, 0.2) is 18.7 Å². The fraction of sp³-hybridized carbons (Fsp3) is 0.500. The highest BCUT2D eigenvalue weighted by Gasteiger charge is 2.56. The van der Waals surface area contributed by atoms with E-state index in [9.17, 15) is 15.2 Å². The van der Waals surface area contributed by atoms with Gasteiger partial charge in [-0.25, -0.2) is 4.79 Å². The van der Waals surface area contributed by atoms with Crippen molar-refractivity contribution < 1.29 is 33.6 Å². The fourth-order valence-corrected chi connectivity index (χ4v) is 7.91. The van der Waals surface area contributed by atoms with E-state index in [0.717, 1.165) is 33.4 Å². The smallest absolute Gasteiger partial charge is 0.407 e. The lowest BCUT2D eigenvalue weighted by molar-refractivity contribution is -0.0723. The molecule has 2 aromatic carbocycles. The Hall–Kier alpha value is -3.27. The third-order valence-electron chi connectivity index (χ3n) is 9.42. The van der Waals surface area contributed by atoms with Crippen molar-refractivity contribution in [2.24, 2.45) is 0 Å². The number of halogens is 3. The van der Waals surface area contributed by atoms with Crippen LogP contribution < -0.4 is 24.3 Å². The molecule has 246 valence electrons. The van der Waals surface area contributed by atoms with Gasteiger partial charge in [0.15, 0.2) is 23.0 Å². The van der Waals surface area contributed by atoms with Gasteiger partial charge in [0.1, 0.15) is 25.0 Å². The van der Waals surface area contributed by atoms with Crippen LogP contribution in [0.1, 0.15) is 45.5 Å². The number of nitriles is 1. The fourth-order valence-electron chi connectivity index (χ4n) is 7.75. The molecule has 4 aliphatic rings. The number of piperazine rings is 1. The molecule has 0 spiro atoms. The molecule has 46 heavy (non-hydrogen) atoms. The quantitative estimate of drug-likeness (QED) is 0.296. The zero-order valence-electron chi connectivity index (χ0n) is 25.9. The minimum Gasteiger partial charge on any atom is -0.504 e. The van der Waals surface area contributed by atoms with Gasteiger partial charge in [0.05, 0.1) is 25.3 Å². The zero-order valence-corrected chi connectivity index (χ0v) is 28.1. The first kappa shape index (κ1) is 32.7. The van der Waals surface area contributed by atoms with E-state index in [1.807, 2.05) is 27.0 Å². The summed E-state index contributed by atoms with van der Waals surface area (Å²) in [7, 11) is 3.53. The first-order valence-electron chi connectivity index (χ1n) is 14.9. The van der Waals surface area contributed by atoms with Crippen molar-refractivity contribution in [1.29, 1.82) is 5.26 Å². The topological polar surface area (TPSA) is 126 Å². The minimum atomic E-state index is -1.78. The summed E-state index contributed by atoms with van der Waals surface area (Å²) in [6.07, 6.45) is 1.85. The predicted molar refractivity (Wildman–Crippen MR) is 171 cm³/mol. The van der Waals surface area contributed by atoms with E-state index in [0.29, 0.717) is 35.8 Å². The number of benzene rings is 2. The Labute approximate surface area is 282 Å². The molecule has 2 bridgehead atoms. The molecule has 1 saturated heterocycles. The number of phenolic OH excluding ortho intramolecular Hbond substituents is 1. The molecule has 1 fully saturated rings. The molecular formula is C32H35Cl3N4O7.